The third-order valence-corrected chi connectivity index (χ3v) is 5.41. The number of benzene rings is 4. The molecule has 4 aromatic rings. The fourth-order valence-electron chi connectivity index (χ4n) is 3.92. The first-order valence-corrected chi connectivity index (χ1v) is 10.3. The van der Waals surface area contributed by atoms with Gasteiger partial charge in [0.05, 0.1) is 5.56 Å². The molecular weight excluding hydrogens is 380 g/mol. The lowest BCUT2D eigenvalue weighted by molar-refractivity contribution is 0.0388. The number of rotatable bonds is 3. The van der Waals surface area contributed by atoms with Crippen LogP contribution in [-0.4, -0.2) is 5.97 Å². The van der Waals surface area contributed by atoms with E-state index in [2.05, 4.69) is 30.0 Å². The number of cyclic esters (lactones) is 1. The maximum atomic E-state index is 12.8. The van der Waals surface area contributed by atoms with Gasteiger partial charge in [-0.3, -0.25) is 0 Å². The van der Waals surface area contributed by atoms with Crippen molar-refractivity contribution in [1.82, 2.24) is 0 Å². The monoisotopic (exact) mass is 400 g/mol. The lowest BCUT2D eigenvalue weighted by Gasteiger charge is -2.27. The largest absolute Gasteiger partial charge is 0.448 e. The van der Waals surface area contributed by atoms with Crippen molar-refractivity contribution in [2.24, 2.45) is 0 Å². The van der Waals surface area contributed by atoms with E-state index in [1.165, 1.54) is 0 Å². The van der Waals surface area contributed by atoms with Crippen LogP contribution in [0.3, 0.4) is 0 Å². The third-order valence-electron chi connectivity index (χ3n) is 5.41. The Labute approximate surface area is 181 Å². The molecule has 0 spiro atoms. The summed E-state index contributed by atoms with van der Waals surface area (Å²) in [4.78, 5) is 12.8. The number of ether oxygens (including phenoxy) is 1. The zero-order valence-corrected chi connectivity index (χ0v) is 16.9. The van der Waals surface area contributed by atoms with Gasteiger partial charge < -0.3 is 4.74 Å². The van der Waals surface area contributed by atoms with E-state index < -0.39 is 6.10 Å². The molecule has 0 saturated heterocycles. The van der Waals surface area contributed by atoms with Gasteiger partial charge in [0.15, 0.2) is 6.10 Å². The van der Waals surface area contributed by atoms with Crippen LogP contribution in [0.15, 0.2) is 121 Å². The van der Waals surface area contributed by atoms with Crippen LogP contribution < -0.4 is 0 Å². The van der Waals surface area contributed by atoms with Crippen molar-refractivity contribution in [2.45, 2.75) is 6.10 Å². The van der Waals surface area contributed by atoms with E-state index in [1.807, 2.05) is 91.0 Å². The first-order chi connectivity index (χ1) is 15.3. The summed E-state index contributed by atoms with van der Waals surface area (Å²) >= 11 is 0. The predicted molar refractivity (Wildman–Crippen MR) is 123 cm³/mol. The Balaban J connectivity index is 1.85. The summed E-state index contributed by atoms with van der Waals surface area (Å²) in [5, 5.41) is 0. The topological polar surface area (TPSA) is 26.3 Å². The Kier molecular flexibility index (Phi) is 5.06. The quantitative estimate of drug-likeness (QED) is 0.282. The highest BCUT2D eigenvalue weighted by molar-refractivity contribution is 6.00. The molecule has 0 N–H and O–H groups in total. The smallest absolute Gasteiger partial charge is 0.339 e. The van der Waals surface area contributed by atoms with E-state index in [-0.39, 0.29) is 5.97 Å². The minimum atomic E-state index is -0.522. The first kappa shape index (κ1) is 18.9. The minimum absolute atomic E-state index is 0.309. The van der Waals surface area contributed by atoms with Crippen LogP contribution in [-0.2, 0) is 4.74 Å². The van der Waals surface area contributed by atoms with Gasteiger partial charge in [-0.25, -0.2) is 4.79 Å². The molecule has 31 heavy (non-hydrogen) atoms. The number of carbonyl (C=O) groups excluding carboxylic acids is 1. The summed E-state index contributed by atoms with van der Waals surface area (Å²) in [6.45, 7) is 0. The molecule has 0 bridgehead atoms. The van der Waals surface area contributed by atoms with E-state index in [0.29, 0.717) is 5.56 Å². The molecule has 1 heterocycles. The summed E-state index contributed by atoms with van der Waals surface area (Å²) < 4.78 is 5.93. The van der Waals surface area contributed by atoms with E-state index in [0.717, 1.165) is 33.4 Å². The Bertz CT molecular complexity index is 1240. The van der Waals surface area contributed by atoms with E-state index in [1.54, 1.807) is 0 Å². The molecule has 0 saturated carbocycles. The van der Waals surface area contributed by atoms with Gasteiger partial charge in [-0.1, -0.05) is 109 Å². The third kappa shape index (κ3) is 3.73. The standard InChI is InChI=1S/C29H20O2/c30-29-25-19-11-10-18-24(25)27(28(31-29)23-16-8-3-9-17-23)20-26(21-12-4-1-5-13-21)22-14-6-2-7-15-22/h1-19,28H. The Morgan fingerprint density at radius 1 is 0.613 bits per heavy atom. The van der Waals surface area contributed by atoms with Crippen molar-refractivity contribution in [1.29, 1.82) is 0 Å². The molecule has 4 aromatic carbocycles. The molecule has 2 nitrogen and oxygen atoms in total. The average Bonchev–Trinajstić information content (AvgIpc) is 2.85. The maximum absolute atomic E-state index is 12.8. The molecule has 0 fully saturated rings. The SMILES string of the molecule is O=C1OC(c2ccccc2)C(=C=C(c2ccccc2)c2ccccc2)c2ccccc21. The second kappa shape index (κ2) is 8.31. The number of fused-ring (bicyclic) bond motifs is 1. The molecule has 0 amide bonds. The van der Waals surface area contributed by atoms with Crippen molar-refractivity contribution in [3.8, 4) is 0 Å². The van der Waals surface area contributed by atoms with Crippen LogP contribution in [0.2, 0.25) is 0 Å². The second-order valence-electron chi connectivity index (χ2n) is 7.39. The van der Waals surface area contributed by atoms with Crippen LogP contribution in [0.25, 0.3) is 11.1 Å². The molecule has 0 aliphatic carbocycles. The van der Waals surface area contributed by atoms with Gasteiger partial charge in [-0.15, -0.1) is 5.73 Å². The first-order valence-electron chi connectivity index (χ1n) is 10.3. The fraction of sp³-hybridized carbons (Fsp3) is 0.0345. The Hall–Kier alpha value is -4.13. The van der Waals surface area contributed by atoms with Crippen LogP contribution in [0.4, 0.5) is 0 Å². The fourth-order valence-corrected chi connectivity index (χ4v) is 3.92. The summed E-state index contributed by atoms with van der Waals surface area (Å²) in [6, 6.07) is 37.8. The lowest BCUT2D eigenvalue weighted by Crippen LogP contribution is -2.20. The van der Waals surface area contributed by atoms with Crippen molar-refractivity contribution in [3.63, 3.8) is 0 Å². The lowest BCUT2D eigenvalue weighted by atomic mass is 9.88. The zero-order valence-electron chi connectivity index (χ0n) is 16.9. The second-order valence-corrected chi connectivity index (χ2v) is 7.39. The van der Waals surface area contributed by atoms with Gasteiger partial charge in [0, 0.05) is 16.7 Å². The molecule has 5 rings (SSSR count). The predicted octanol–water partition coefficient (Wildman–Crippen LogP) is 6.71. The molecule has 1 unspecified atom stereocenters. The molecule has 1 atom stereocenters. The van der Waals surface area contributed by atoms with E-state index >= 15 is 0 Å². The van der Waals surface area contributed by atoms with Gasteiger partial charge in [0.1, 0.15) is 0 Å². The van der Waals surface area contributed by atoms with Crippen LogP contribution >= 0.6 is 0 Å². The maximum Gasteiger partial charge on any atom is 0.339 e. The average molecular weight is 400 g/mol. The summed E-state index contributed by atoms with van der Waals surface area (Å²) in [5.41, 5.74) is 9.95. The Morgan fingerprint density at radius 3 is 1.68 bits per heavy atom. The molecule has 0 aromatic heterocycles. The van der Waals surface area contributed by atoms with E-state index in [4.69, 9.17) is 4.74 Å². The van der Waals surface area contributed by atoms with Crippen LogP contribution in [0, 0.1) is 0 Å². The van der Waals surface area contributed by atoms with Crippen LogP contribution in [0.5, 0.6) is 0 Å². The van der Waals surface area contributed by atoms with Crippen molar-refractivity contribution in [2.75, 3.05) is 0 Å². The van der Waals surface area contributed by atoms with Crippen LogP contribution in [0.1, 0.15) is 38.7 Å². The highest BCUT2D eigenvalue weighted by atomic mass is 16.5. The summed E-state index contributed by atoms with van der Waals surface area (Å²) in [5.74, 6) is -0.309. The number of hydrogen-bond donors (Lipinski definition) is 0. The summed E-state index contributed by atoms with van der Waals surface area (Å²) in [6.07, 6.45) is -0.522. The molecular formula is C29H20O2. The molecule has 2 heteroatoms. The van der Waals surface area contributed by atoms with Crippen molar-refractivity contribution in [3.05, 3.63) is 149 Å². The molecule has 0 radical (unpaired) electrons. The van der Waals surface area contributed by atoms with Crippen molar-refractivity contribution < 1.29 is 9.53 Å². The molecule has 148 valence electrons. The van der Waals surface area contributed by atoms with Gasteiger partial charge in [-0.05, 0) is 22.8 Å². The van der Waals surface area contributed by atoms with Crippen molar-refractivity contribution >= 4 is 17.1 Å². The highest BCUT2D eigenvalue weighted by Gasteiger charge is 2.32. The van der Waals surface area contributed by atoms with E-state index in [9.17, 15) is 4.79 Å². The van der Waals surface area contributed by atoms with Gasteiger partial charge in [0.25, 0.3) is 0 Å². The summed E-state index contributed by atoms with van der Waals surface area (Å²) in [7, 11) is 0. The number of hydrogen-bond acceptors (Lipinski definition) is 2. The number of esters is 1. The number of carbonyl (C=O) groups is 1. The molecule has 1 aliphatic rings. The highest BCUT2D eigenvalue weighted by Crippen LogP contribution is 2.40. The molecule has 1 aliphatic heterocycles. The van der Waals surface area contributed by atoms with Gasteiger partial charge in [0.2, 0.25) is 0 Å². The van der Waals surface area contributed by atoms with Gasteiger partial charge >= 0.3 is 5.97 Å². The Morgan fingerprint density at radius 2 is 1.10 bits per heavy atom. The van der Waals surface area contributed by atoms with Gasteiger partial charge in [-0.2, -0.15) is 0 Å². The minimum Gasteiger partial charge on any atom is -0.448 e. The zero-order chi connectivity index (χ0) is 21.0. The normalized spacial score (nSPS) is 14.9.